The molecule has 0 spiro atoms. The Bertz CT molecular complexity index is 614. The van der Waals surface area contributed by atoms with Crippen molar-refractivity contribution in [1.82, 2.24) is 0 Å². The van der Waals surface area contributed by atoms with E-state index >= 15 is 0 Å². The number of unbranched alkanes of at least 4 members (excludes halogenated alkanes) is 24. The molecule has 0 rings (SSSR count). The molecular formula is C40H76O4. The lowest BCUT2D eigenvalue weighted by molar-refractivity contribution is -0.154. The zero-order valence-electron chi connectivity index (χ0n) is 29.7. The summed E-state index contributed by atoms with van der Waals surface area (Å²) in [5, 5.41) is 9.56. The Kier molecular flexibility index (Phi) is 37.1. The Hall–Kier alpha value is -1.13. The van der Waals surface area contributed by atoms with Crippen LogP contribution >= 0.6 is 0 Å². The fraction of sp³-hybridized carbons (Fsp3) is 0.875. The summed E-state index contributed by atoms with van der Waals surface area (Å²) in [7, 11) is 0. The van der Waals surface area contributed by atoms with Crippen molar-refractivity contribution in [3.05, 3.63) is 24.3 Å². The first kappa shape index (κ1) is 42.9. The normalized spacial score (nSPS) is 12.5. The van der Waals surface area contributed by atoms with E-state index in [-0.39, 0.29) is 12.6 Å². The number of rotatable bonds is 36. The van der Waals surface area contributed by atoms with Crippen molar-refractivity contribution >= 4 is 5.97 Å². The molecule has 0 amide bonds. The minimum atomic E-state index is -0.530. The van der Waals surface area contributed by atoms with Gasteiger partial charge in [0.25, 0.3) is 0 Å². The third-order valence-electron chi connectivity index (χ3n) is 8.53. The Morgan fingerprint density at radius 1 is 0.545 bits per heavy atom. The molecule has 0 aliphatic heterocycles. The van der Waals surface area contributed by atoms with Crippen molar-refractivity contribution in [2.24, 2.45) is 0 Å². The van der Waals surface area contributed by atoms with Crippen LogP contribution in [-0.4, -0.2) is 37.0 Å². The van der Waals surface area contributed by atoms with Crippen molar-refractivity contribution in [1.29, 1.82) is 0 Å². The quantitative estimate of drug-likeness (QED) is 0.0430. The average molecular weight is 621 g/mol. The van der Waals surface area contributed by atoms with Crippen LogP contribution in [-0.2, 0) is 14.3 Å². The van der Waals surface area contributed by atoms with Gasteiger partial charge in [0, 0.05) is 13.0 Å². The number of carbonyl (C=O) groups excluding carboxylic acids is 1. The van der Waals surface area contributed by atoms with E-state index in [1.807, 2.05) is 0 Å². The number of aliphatic hydroxyl groups excluding tert-OH is 1. The number of hydrogen-bond acceptors (Lipinski definition) is 4. The van der Waals surface area contributed by atoms with Gasteiger partial charge in [-0.2, -0.15) is 0 Å². The molecule has 1 N–H and O–H groups in total. The van der Waals surface area contributed by atoms with Gasteiger partial charge in [-0.25, -0.2) is 0 Å². The second kappa shape index (κ2) is 38.1. The number of esters is 1. The summed E-state index contributed by atoms with van der Waals surface area (Å²) >= 11 is 0. The summed E-state index contributed by atoms with van der Waals surface area (Å²) < 4.78 is 11.1. The molecule has 0 saturated carbocycles. The largest absolute Gasteiger partial charge is 0.457 e. The highest BCUT2D eigenvalue weighted by Gasteiger charge is 2.13. The second-order valence-corrected chi connectivity index (χ2v) is 13.0. The lowest BCUT2D eigenvalue weighted by Crippen LogP contribution is -2.27. The van der Waals surface area contributed by atoms with Crippen molar-refractivity contribution < 1.29 is 19.4 Å². The average Bonchev–Trinajstić information content (AvgIpc) is 3.03. The summed E-state index contributed by atoms with van der Waals surface area (Å²) in [6.45, 7) is 5.34. The first-order chi connectivity index (χ1) is 21.7. The summed E-state index contributed by atoms with van der Waals surface area (Å²) in [5.74, 6) is -0.203. The number of aliphatic hydroxyl groups is 1. The van der Waals surface area contributed by atoms with E-state index in [2.05, 4.69) is 38.2 Å². The molecule has 44 heavy (non-hydrogen) atoms. The highest BCUT2D eigenvalue weighted by molar-refractivity contribution is 5.69. The van der Waals surface area contributed by atoms with Crippen LogP contribution in [0.15, 0.2) is 24.3 Å². The maximum Gasteiger partial charge on any atom is 0.306 e. The Labute approximate surface area is 275 Å². The van der Waals surface area contributed by atoms with E-state index in [1.165, 1.54) is 154 Å². The maximum absolute atomic E-state index is 12.2. The van der Waals surface area contributed by atoms with Crippen molar-refractivity contribution in [3.8, 4) is 0 Å². The standard InChI is InChI=1S/C40H76O4/c1-3-5-7-9-11-13-15-17-18-19-20-21-22-23-25-27-29-31-33-35-40(42)44-39(37-41)38-43-36-34-32-30-28-26-24-16-14-12-10-8-6-4-2/h11,13,17-18,39,41H,3-10,12,14-16,19-38H2,1-2H3/b13-11-,18-17-. The van der Waals surface area contributed by atoms with Crippen LogP contribution < -0.4 is 0 Å². The molecule has 0 aromatic rings. The summed E-state index contributed by atoms with van der Waals surface area (Å²) in [6, 6.07) is 0. The zero-order valence-corrected chi connectivity index (χ0v) is 29.7. The topological polar surface area (TPSA) is 55.8 Å². The smallest absolute Gasteiger partial charge is 0.306 e. The second-order valence-electron chi connectivity index (χ2n) is 13.0. The Morgan fingerprint density at radius 2 is 0.955 bits per heavy atom. The highest BCUT2D eigenvalue weighted by atomic mass is 16.6. The molecule has 4 nitrogen and oxygen atoms in total. The van der Waals surface area contributed by atoms with Crippen LogP contribution in [0, 0.1) is 0 Å². The molecule has 0 saturated heterocycles. The lowest BCUT2D eigenvalue weighted by atomic mass is 10.0. The van der Waals surface area contributed by atoms with E-state index in [0.29, 0.717) is 19.6 Å². The summed E-state index contributed by atoms with van der Waals surface area (Å²) in [5.41, 5.74) is 0. The lowest BCUT2D eigenvalue weighted by Gasteiger charge is -2.16. The van der Waals surface area contributed by atoms with Gasteiger partial charge in [-0.15, -0.1) is 0 Å². The van der Waals surface area contributed by atoms with Gasteiger partial charge < -0.3 is 14.6 Å². The van der Waals surface area contributed by atoms with Crippen LogP contribution in [0.5, 0.6) is 0 Å². The summed E-state index contributed by atoms with van der Waals surface area (Å²) in [4.78, 5) is 12.2. The highest BCUT2D eigenvalue weighted by Crippen LogP contribution is 2.14. The molecule has 4 heteroatoms. The van der Waals surface area contributed by atoms with Crippen LogP contribution in [0.3, 0.4) is 0 Å². The molecule has 0 aromatic heterocycles. The van der Waals surface area contributed by atoms with Gasteiger partial charge in [-0.1, -0.05) is 173 Å². The fourth-order valence-corrected chi connectivity index (χ4v) is 5.59. The minimum absolute atomic E-state index is 0.169. The number of allylic oxidation sites excluding steroid dienone is 4. The van der Waals surface area contributed by atoms with Gasteiger partial charge in [0.05, 0.1) is 13.2 Å². The van der Waals surface area contributed by atoms with E-state index in [4.69, 9.17) is 9.47 Å². The third kappa shape index (κ3) is 35.4. The number of hydrogen-bond donors (Lipinski definition) is 1. The van der Waals surface area contributed by atoms with Crippen LogP contribution in [0.4, 0.5) is 0 Å². The van der Waals surface area contributed by atoms with Gasteiger partial charge in [0.15, 0.2) is 0 Å². The van der Waals surface area contributed by atoms with Crippen LogP contribution in [0.1, 0.15) is 200 Å². The summed E-state index contributed by atoms with van der Waals surface area (Å²) in [6.07, 6.45) is 45.0. The molecule has 0 aliphatic rings. The van der Waals surface area contributed by atoms with E-state index in [9.17, 15) is 9.90 Å². The van der Waals surface area contributed by atoms with Gasteiger partial charge in [-0.3, -0.25) is 4.79 Å². The van der Waals surface area contributed by atoms with Crippen molar-refractivity contribution in [3.63, 3.8) is 0 Å². The van der Waals surface area contributed by atoms with Crippen molar-refractivity contribution in [2.45, 2.75) is 206 Å². The first-order valence-electron chi connectivity index (χ1n) is 19.4. The van der Waals surface area contributed by atoms with E-state index < -0.39 is 6.10 Å². The molecule has 0 aromatic carbocycles. The van der Waals surface area contributed by atoms with Crippen molar-refractivity contribution in [2.75, 3.05) is 19.8 Å². The molecule has 260 valence electrons. The Morgan fingerprint density at radius 3 is 1.45 bits per heavy atom. The van der Waals surface area contributed by atoms with Gasteiger partial charge in [0.1, 0.15) is 6.10 Å². The molecule has 1 unspecified atom stereocenters. The fourth-order valence-electron chi connectivity index (χ4n) is 5.59. The zero-order chi connectivity index (χ0) is 32.0. The SMILES string of the molecule is CCCCC/C=C\C/C=C\CCCCCCCCCCCC(=O)OC(CO)COCCCCCCCCCCCCCCC. The Balaban J connectivity index is 3.42. The predicted octanol–water partition coefficient (Wildman–Crippen LogP) is 12.4. The monoisotopic (exact) mass is 621 g/mol. The van der Waals surface area contributed by atoms with Gasteiger partial charge in [-0.05, 0) is 44.9 Å². The molecule has 0 fully saturated rings. The number of ether oxygens (including phenoxy) is 2. The molecule has 1 atom stereocenters. The minimum Gasteiger partial charge on any atom is -0.457 e. The van der Waals surface area contributed by atoms with E-state index in [1.54, 1.807) is 0 Å². The number of carbonyl (C=O) groups is 1. The third-order valence-corrected chi connectivity index (χ3v) is 8.53. The molecule has 0 aliphatic carbocycles. The van der Waals surface area contributed by atoms with Crippen LogP contribution in [0.25, 0.3) is 0 Å². The maximum atomic E-state index is 12.2. The van der Waals surface area contributed by atoms with Gasteiger partial charge >= 0.3 is 5.97 Å². The molecule has 0 radical (unpaired) electrons. The molecule has 0 heterocycles. The first-order valence-corrected chi connectivity index (χ1v) is 19.4. The van der Waals surface area contributed by atoms with E-state index in [0.717, 1.165) is 25.7 Å². The van der Waals surface area contributed by atoms with Gasteiger partial charge in [0.2, 0.25) is 0 Å². The molecule has 0 bridgehead atoms. The molecular weight excluding hydrogens is 544 g/mol. The predicted molar refractivity (Wildman–Crippen MR) is 191 cm³/mol. The van der Waals surface area contributed by atoms with Crippen LogP contribution in [0.2, 0.25) is 0 Å².